The molecule has 0 radical (unpaired) electrons. The van der Waals surface area contributed by atoms with Gasteiger partial charge in [0, 0.05) is 9.64 Å². The number of nitrogens with one attached hydrogen (secondary N) is 1. The number of carbonyl (C=O) groups is 2. The minimum atomic E-state index is -1.03. The van der Waals surface area contributed by atoms with Gasteiger partial charge >= 0.3 is 5.97 Å². The average molecular weight is 486 g/mol. The lowest BCUT2D eigenvalue weighted by Gasteiger charge is -2.11. The van der Waals surface area contributed by atoms with E-state index in [9.17, 15) is 19.7 Å². The monoisotopic (exact) mass is 486 g/mol. The van der Waals surface area contributed by atoms with E-state index >= 15 is 0 Å². The molecule has 0 spiro atoms. The zero-order chi connectivity index (χ0) is 20.0. The van der Waals surface area contributed by atoms with Gasteiger partial charge in [-0.05, 0) is 34.7 Å². The van der Waals surface area contributed by atoms with Crippen LogP contribution in [0.1, 0.15) is 10.4 Å². The molecule has 0 heterocycles. The fourth-order valence-electron chi connectivity index (χ4n) is 2.14. The summed E-state index contributed by atoms with van der Waals surface area (Å²) < 4.78 is 15.8. The predicted octanol–water partition coefficient (Wildman–Crippen LogP) is 3.01. The molecule has 0 aromatic heterocycles. The Hall–Kier alpha value is -2.89. The Labute approximate surface area is 167 Å². The highest BCUT2D eigenvalue weighted by Gasteiger charge is 2.26. The third kappa shape index (κ3) is 5.06. The van der Waals surface area contributed by atoms with Crippen molar-refractivity contribution in [3.63, 3.8) is 0 Å². The van der Waals surface area contributed by atoms with E-state index in [-0.39, 0.29) is 17.1 Å². The van der Waals surface area contributed by atoms with E-state index in [2.05, 4.69) is 5.32 Å². The molecule has 0 unspecified atom stereocenters. The molecule has 1 N–H and O–H groups in total. The largest absolute Gasteiger partial charge is 0.493 e. The molecule has 2 rings (SSSR count). The lowest BCUT2D eigenvalue weighted by Crippen LogP contribution is -2.21. The molecule has 2 aromatic carbocycles. The van der Waals surface area contributed by atoms with Gasteiger partial charge in [-0.1, -0.05) is 12.1 Å². The number of carbonyl (C=O) groups excluding carboxylic acids is 2. The zero-order valence-electron chi connectivity index (χ0n) is 14.4. The second kappa shape index (κ2) is 9.16. The van der Waals surface area contributed by atoms with Gasteiger partial charge in [0.1, 0.15) is 5.56 Å². The van der Waals surface area contributed by atoms with Crippen molar-refractivity contribution in [2.75, 3.05) is 26.1 Å². The summed E-state index contributed by atoms with van der Waals surface area (Å²) >= 11 is 2.05. The molecule has 0 atom stereocenters. The first-order valence-electron chi connectivity index (χ1n) is 7.49. The van der Waals surface area contributed by atoms with Crippen LogP contribution in [0.3, 0.4) is 0 Å². The summed E-state index contributed by atoms with van der Waals surface area (Å²) in [6.45, 7) is -0.602. The molecule has 0 fully saturated rings. The van der Waals surface area contributed by atoms with Crippen LogP contribution in [-0.2, 0) is 9.53 Å². The second-order valence-electron chi connectivity index (χ2n) is 5.09. The molecule has 0 bridgehead atoms. The van der Waals surface area contributed by atoms with Crippen LogP contribution in [0, 0.1) is 13.7 Å². The fraction of sp³-hybridized carbons (Fsp3) is 0.176. The molecule has 0 saturated heterocycles. The van der Waals surface area contributed by atoms with E-state index in [1.165, 1.54) is 14.2 Å². The van der Waals surface area contributed by atoms with E-state index < -0.39 is 29.1 Å². The van der Waals surface area contributed by atoms with Gasteiger partial charge in [0.05, 0.1) is 30.9 Å². The van der Waals surface area contributed by atoms with Gasteiger partial charge in [0.15, 0.2) is 18.1 Å². The Morgan fingerprint density at radius 2 is 1.78 bits per heavy atom. The van der Waals surface area contributed by atoms with Gasteiger partial charge in [0.2, 0.25) is 0 Å². The number of benzene rings is 2. The second-order valence-corrected chi connectivity index (χ2v) is 6.25. The molecule has 2 aromatic rings. The molecule has 0 aliphatic rings. The van der Waals surface area contributed by atoms with Crippen molar-refractivity contribution in [2.45, 2.75) is 0 Å². The fourth-order valence-corrected chi connectivity index (χ4v) is 2.66. The van der Waals surface area contributed by atoms with E-state index in [0.717, 1.165) is 15.7 Å². The summed E-state index contributed by atoms with van der Waals surface area (Å²) in [5.74, 6) is -1.38. The number of amides is 1. The van der Waals surface area contributed by atoms with Crippen LogP contribution in [0.15, 0.2) is 36.4 Å². The van der Waals surface area contributed by atoms with Crippen LogP contribution < -0.4 is 14.8 Å². The highest BCUT2D eigenvalue weighted by atomic mass is 127. The lowest BCUT2D eigenvalue weighted by atomic mass is 10.1. The van der Waals surface area contributed by atoms with Crippen molar-refractivity contribution in [3.05, 3.63) is 55.6 Å². The quantitative estimate of drug-likeness (QED) is 0.277. The number of nitro groups is 1. The average Bonchev–Trinajstić information content (AvgIpc) is 2.66. The highest BCUT2D eigenvalue weighted by Crippen LogP contribution is 2.34. The number of rotatable bonds is 7. The Balaban J connectivity index is 2.14. The standard InChI is InChI=1S/C17H15IN2O7/c1-25-14-7-10(13(20(23)24)8-15(14)26-2)17(22)27-9-16(21)19-12-6-4-3-5-11(12)18/h3-8H,9H2,1-2H3,(H,19,21). The van der Waals surface area contributed by atoms with Crippen LogP contribution in [0.2, 0.25) is 0 Å². The molecule has 0 aliphatic heterocycles. The molecule has 0 aliphatic carbocycles. The first-order valence-corrected chi connectivity index (χ1v) is 8.57. The van der Waals surface area contributed by atoms with E-state index in [1.54, 1.807) is 18.2 Å². The van der Waals surface area contributed by atoms with Crippen molar-refractivity contribution in [1.29, 1.82) is 0 Å². The number of nitro benzene ring substituents is 1. The Bertz CT molecular complexity index is 886. The van der Waals surface area contributed by atoms with Crippen molar-refractivity contribution < 1.29 is 28.7 Å². The Kier molecular flexibility index (Phi) is 6.93. The van der Waals surface area contributed by atoms with Gasteiger partial charge in [-0.3, -0.25) is 14.9 Å². The molecule has 27 heavy (non-hydrogen) atoms. The van der Waals surface area contributed by atoms with Gasteiger partial charge in [-0.2, -0.15) is 0 Å². The van der Waals surface area contributed by atoms with Crippen molar-refractivity contribution in [1.82, 2.24) is 0 Å². The summed E-state index contributed by atoms with van der Waals surface area (Å²) in [4.78, 5) is 34.7. The number of nitrogens with zero attached hydrogens (tertiary/aromatic N) is 1. The molecule has 0 saturated carbocycles. The zero-order valence-corrected chi connectivity index (χ0v) is 16.5. The number of hydrogen-bond donors (Lipinski definition) is 1. The maximum Gasteiger partial charge on any atom is 0.345 e. The van der Waals surface area contributed by atoms with Crippen LogP contribution in [0.25, 0.3) is 0 Å². The van der Waals surface area contributed by atoms with E-state index in [0.29, 0.717) is 5.69 Å². The smallest absolute Gasteiger partial charge is 0.345 e. The van der Waals surface area contributed by atoms with Gasteiger partial charge < -0.3 is 19.5 Å². The predicted molar refractivity (Wildman–Crippen MR) is 104 cm³/mol. The summed E-state index contributed by atoms with van der Waals surface area (Å²) in [6.07, 6.45) is 0. The third-order valence-electron chi connectivity index (χ3n) is 3.40. The van der Waals surface area contributed by atoms with Crippen molar-refractivity contribution in [3.8, 4) is 11.5 Å². The summed E-state index contributed by atoms with van der Waals surface area (Å²) in [5, 5.41) is 13.8. The maximum absolute atomic E-state index is 12.3. The summed E-state index contributed by atoms with van der Waals surface area (Å²) in [5.41, 5.74) is -0.299. The van der Waals surface area contributed by atoms with Crippen LogP contribution >= 0.6 is 22.6 Å². The van der Waals surface area contributed by atoms with E-state index in [1.807, 2.05) is 28.7 Å². The first kappa shape index (κ1) is 20.4. The number of esters is 1. The molecule has 9 nitrogen and oxygen atoms in total. The number of ether oxygens (including phenoxy) is 3. The van der Waals surface area contributed by atoms with Crippen LogP contribution in [0.4, 0.5) is 11.4 Å². The summed E-state index contributed by atoms with van der Waals surface area (Å²) in [7, 11) is 2.64. The van der Waals surface area contributed by atoms with Gasteiger partial charge in [-0.25, -0.2) is 4.79 Å². The first-order chi connectivity index (χ1) is 12.9. The highest BCUT2D eigenvalue weighted by molar-refractivity contribution is 14.1. The topological polar surface area (TPSA) is 117 Å². The van der Waals surface area contributed by atoms with Crippen LogP contribution in [-0.4, -0.2) is 37.6 Å². The molecule has 1 amide bonds. The lowest BCUT2D eigenvalue weighted by molar-refractivity contribution is -0.385. The summed E-state index contributed by atoms with van der Waals surface area (Å²) in [6, 6.07) is 9.25. The van der Waals surface area contributed by atoms with Crippen molar-refractivity contribution in [2.24, 2.45) is 0 Å². The number of halogens is 1. The normalized spacial score (nSPS) is 10.0. The minimum absolute atomic E-state index is 0.0946. The van der Waals surface area contributed by atoms with Crippen molar-refractivity contribution >= 4 is 45.8 Å². The van der Waals surface area contributed by atoms with E-state index in [4.69, 9.17) is 14.2 Å². The molecular formula is C17H15IN2O7. The number of para-hydroxylation sites is 1. The molecular weight excluding hydrogens is 471 g/mol. The van der Waals surface area contributed by atoms with Gasteiger partial charge in [-0.15, -0.1) is 0 Å². The third-order valence-corrected chi connectivity index (χ3v) is 4.34. The minimum Gasteiger partial charge on any atom is -0.493 e. The Morgan fingerprint density at radius 3 is 2.37 bits per heavy atom. The number of hydrogen-bond acceptors (Lipinski definition) is 7. The maximum atomic E-state index is 12.3. The molecule has 142 valence electrons. The Morgan fingerprint density at radius 1 is 1.15 bits per heavy atom. The van der Waals surface area contributed by atoms with Crippen LogP contribution in [0.5, 0.6) is 11.5 Å². The number of anilines is 1. The molecule has 10 heteroatoms. The van der Waals surface area contributed by atoms with Gasteiger partial charge in [0.25, 0.3) is 11.6 Å². The number of methoxy groups -OCH3 is 2. The SMILES string of the molecule is COc1cc(C(=O)OCC(=O)Nc2ccccc2I)c([N+](=O)[O-])cc1OC.